The summed E-state index contributed by atoms with van der Waals surface area (Å²) in [6.45, 7) is 2.11. The largest absolute Gasteiger partial charge is 0.358 e. The Labute approximate surface area is 142 Å². The standard InChI is InChI=1S/C15H14ClFN2O2S2/c1-9-11(12-8-10(17)2-3-13(12)19-9)6-7-18-23(20,21)15-5-4-14(16)22-15/h2-5,8,18-19H,6-7H2,1H3. The van der Waals surface area contributed by atoms with Gasteiger partial charge >= 0.3 is 0 Å². The van der Waals surface area contributed by atoms with Crippen molar-refractivity contribution in [3.63, 3.8) is 0 Å². The number of benzene rings is 1. The Morgan fingerprint density at radius 2 is 2.09 bits per heavy atom. The Bertz CT molecular complexity index is 963. The minimum Gasteiger partial charge on any atom is -0.358 e. The van der Waals surface area contributed by atoms with Crippen molar-refractivity contribution in [3.8, 4) is 0 Å². The maximum absolute atomic E-state index is 13.4. The molecule has 3 rings (SSSR count). The van der Waals surface area contributed by atoms with Crippen molar-refractivity contribution in [1.82, 2.24) is 9.71 Å². The summed E-state index contributed by atoms with van der Waals surface area (Å²) in [6, 6.07) is 7.56. The van der Waals surface area contributed by atoms with Crippen molar-refractivity contribution in [2.75, 3.05) is 6.54 Å². The first kappa shape index (κ1) is 16.4. The van der Waals surface area contributed by atoms with Gasteiger partial charge in [0, 0.05) is 23.1 Å². The molecular weight excluding hydrogens is 359 g/mol. The van der Waals surface area contributed by atoms with Gasteiger partial charge in [0.2, 0.25) is 10.0 Å². The molecular formula is C15H14ClFN2O2S2. The van der Waals surface area contributed by atoms with Crippen molar-refractivity contribution in [3.05, 3.63) is 51.7 Å². The summed E-state index contributed by atoms with van der Waals surface area (Å²) in [4.78, 5) is 3.18. The highest BCUT2D eigenvalue weighted by molar-refractivity contribution is 7.91. The first-order valence-corrected chi connectivity index (χ1v) is 9.56. The maximum atomic E-state index is 13.4. The van der Waals surface area contributed by atoms with Crippen LogP contribution >= 0.6 is 22.9 Å². The van der Waals surface area contributed by atoms with E-state index in [-0.39, 0.29) is 16.6 Å². The zero-order chi connectivity index (χ0) is 16.6. The van der Waals surface area contributed by atoms with E-state index in [4.69, 9.17) is 11.6 Å². The fourth-order valence-corrected chi connectivity index (χ4v) is 5.06. The van der Waals surface area contributed by atoms with Crippen LogP contribution in [-0.4, -0.2) is 19.9 Å². The van der Waals surface area contributed by atoms with E-state index >= 15 is 0 Å². The number of fused-ring (bicyclic) bond motifs is 1. The van der Waals surface area contributed by atoms with Gasteiger partial charge in [-0.1, -0.05) is 11.6 Å². The molecule has 0 amide bonds. The molecule has 0 aliphatic heterocycles. The lowest BCUT2D eigenvalue weighted by molar-refractivity contribution is 0.583. The van der Waals surface area contributed by atoms with E-state index in [1.807, 2.05) is 6.92 Å². The van der Waals surface area contributed by atoms with Crippen LogP contribution in [0.1, 0.15) is 11.3 Å². The van der Waals surface area contributed by atoms with E-state index < -0.39 is 10.0 Å². The van der Waals surface area contributed by atoms with Crippen LogP contribution in [0.2, 0.25) is 4.34 Å². The number of thiophene rings is 1. The quantitative estimate of drug-likeness (QED) is 0.714. The average molecular weight is 373 g/mol. The smallest absolute Gasteiger partial charge is 0.250 e. The van der Waals surface area contributed by atoms with Crippen LogP contribution in [0, 0.1) is 12.7 Å². The topological polar surface area (TPSA) is 62.0 Å². The minimum atomic E-state index is -3.57. The molecule has 0 fully saturated rings. The number of aromatic amines is 1. The predicted octanol–water partition coefficient (Wildman–Crippen LogP) is 3.85. The summed E-state index contributed by atoms with van der Waals surface area (Å²) < 4.78 is 40.9. The number of nitrogens with one attached hydrogen (secondary N) is 2. The van der Waals surface area contributed by atoms with Gasteiger partial charge in [0.25, 0.3) is 0 Å². The van der Waals surface area contributed by atoms with Crippen LogP contribution in [-0.2, 0) is 16.4 Å². The zero-order valence-electron chi connectivity index (χ0n) is 12.2. The normalized spacial score (nSPS) is 12.1. The van der Waals surface area contributed by atoms with E-state index in [2.05, 4.69) is 9.71 Å². The molecule has 1 aromatic carbocycles. The molecule has 0 radical (unpaired) electrons. The lowest BCUT2D eigenvalue weighted by atomic mass is 10.1. The van der Waals surface area contributed by atoms with E-state index in [9.17, 15) is 12.8 Å². The number of H-pyrrole nitrogens is 1. The van der Waals surface area contributed by atoms with Crippen LogP contribution in [0.4, 0.5) is 4.39 Å². The van der Waals surface area contributed by atoms with Gasteiger partial charge in [-0.15, -0.1) is 11.3 Å². The molecule has 3 aromatic rings. The average Bonchev–Trinajstić information content (AvgIpc) is 3.04. The predicted molar refractivity (Wildman–Crippen MR) is 91.2 cm³/mol. The summed E-state index contributed by atoms with van der Waals surface area (Å²) in [7, 11) is -3.57. The van der Waals surface area contributed by atoms with Gasteiger partial charge in [0.05, 0.1) is 4.34 Å². The van der Waals surface area contributed by atoms with E-state index in [1.54, 1.807) is 12.1 Å². The first-order valence-electron chi connectivity index (χ1n) is 6.88. The summed E-state index contributed by atoms with van der Waals surface area (Å²) in [6.07, 6.45) is 0.466. The highest BCUT2D eigenvalue weighted by atomic mass is 35.5. The monoisotopic (exact) mass is 372 g/mol. The second kappa shape index (κ2) is 6.24. The molecule has 2 aromatic heterocycles. The molecule has 23 heavy (non-hydrogen) atoms. The number of hydrogen-bond donors (Lipinski definition) is 2. The van der Waals surface area contributed by atoms with Crippen molar-refractivity contribution >= 4 is 43.9 Å². The third-order valence-electron chi connectivity index (χ3n) is 3.56. The lowest BCUT2D eigenvalue weighted by Crippen LogP contribution is -2.25. The van der Waals surface area contributed by atoms with Crippen LogP contribution in [0.15, 0.2) is 34.5 Å². The second-order valence-electron chi connectivity index (χ2n) is 5.12. The van der Waals surface area contributed by atoms with Crippen LogP contribution < -0.4 is 4.72 Å². The maximum Gasteiger partial charge on any atom is 0.250 e. The number of sulfonamides is 1. The Morgan fingerprint density at radius 3 is 2.78 bits per heavy atom. The Kier molecular flexibility index (Phi) is 4.46. The number of aromatic nitrogens is 1. The van der Waals surface area contributed by atoms with E-state index in [1.165, 1.54) is 18.2 Å². The van der Waals surface area contributed by atoms with Crippen molar-refractivity contribution in [1.29, 1.82) is 0 Å². The molecule has 0 spiro atoms. The fourth-order valence-electron chi connectivity index (χ4n) is 2.50. The Balaban J connectivity index is 1.76. The van der Waals surface area contributed by atoms with Gasteiger partial charge in [-0.2, -0.15) is 0 Å². The van der Waals surface area contributed by atoms with E-state index in [0.717, 1.165) is 33.5 Å². The molecule has 0 atom stereocenters. The van der Waals surface area contributed by atoms with Crippen LogP contribution in [0.5, 0.6) is 0 Å². The summed E-state index contributed by atoms with van der Waals surface area (Å²) in [5.41, 5.74) is 2.65. The number of hydrogen-bond acceptors (Lipinski definition) is 3. The molecule has 0 aliphatic carbocycles. The fraction of sp³-hybridized carbons (Fsp3) is 0.200. The molecule has 0 bridgehead atoms. The van der Waals surface area contributed by atoms with E-state index in [0.29, 0.717) is 10.8 Å². The first-order chi connectivity index (χ1) is 10.9. The van der Waals surface area contributed by atoms with Crippen molar-refractivity contribution in [2.24, 2.45) is 0 Å². The summed E-state index contributed by atoms with van der Waals surface area (Å²) in [5.74, 6) is -0.313. The SMILES string of the molecule is Cc1[nH]c2ccc(F)cc2c1CCNS(=O)(=O)c1ccc(Cl)s1. The third-order valence-corrected chi connectivity index (χ3v) is 6.75. The molecule has 0 saturated heterocycles. The van der Waals surface area contributed by atoms with Gasteiger partial charge in [-0.05, 0) is 49.2 Å². The second-order valence-corrected chi connectivity index (χ2v) is 8.83. The summed E-state index contributed by atoms with van der Waals surface area (Å²) in [5, 5.41) is 0.779. The number of aryl methyl sites for hydroxylation is 1. The highest BCUT2D eigenvalue weighted by Crippen LogP contribution is 2.26. The number of rotatable bonds is 5. The Morgan fingerprint density at radius 1 is 1.30 bits per heavy atom. The van der Waals surface area contributed by atoms with Crippen LogP contribution in [0.25, 0.3) is 10.9 Å². The highest BCUT2D eigenvalue weighted by Gasteiger charge is 2.17. The zero-order valence-corrected chi connectivity index (χ0v) is 14.6. The van der Waals surface area contributed by atoms with Crippen molar-refractivity contribution < 1.29 is 12.8 Å². The molecule has 0 aliphatic rings. The van der Waals surface area contributed by atoms with Gasteiger partial charge in [0.15, 0.2) is 0 Å². The molecule has 0 unspecified atom stereocenters. The third kappa shape index (κ3) is 3.42. The van der Waals surface area contributed by atoms with Gasteiger partial charge in [0.1, 0.15) is 10.0 Å². The molecule has 0 saturated carbocycles. The molecule has 2 N–H and O–H groups in total. The minimum absolute atomic E-state index is 0.184. The molecule has 2 heterocycles. The van der Waals surface area contributed by atoms with Gasteiger partial charge in [-0.3, -0.25) is 0 Å². The Hall–Kier alpha value is -1.41. The lowest BCUT2D eigenvalue weighted by Gasteiger charge is -2.05. The summed E-state index contributed by atoms with van der Waals surface area (Å²) >= 11 is 6.78. The van der Waals surface area contributed by atoms with Gasteiger partial charge in [-0.25, -0.2) is 17.5 Å². The number of halogens is 2. The molecule has 4 nitrogen and oxygen atoms in total. The van der Waals surface area contributed by atoms with Crippen molar-refractivity contribution in [2.45, 2.75) is 17.6 Å². The molecule has 122 valence electrons. The van der Waals surface area contributed by atoms with Crippen LogP contribution in [0.3, 0.4) is 0 Å². The van der Waals surface area contributed by atoms with Gasteiger partial charge < -0.3 is 4.98 Å². The molecule has 8 heteroatoms.